The van der Waals surface area contributed by atoms with Gasteiger partial charge in [-0.05, 0) is 91.3 Å². The van der Waals surface area contributed by atoms with Gasteiger partial charge in [-0.3, -0.25) is 0 Å². The van der Waals surface area contributed by atoms with Crippen molar-refractivity contribution in [1.29, 1.82) is 0 Å². The van der Waals surface area contributed by atoms with E-state index < -0.39 is 0 Å². The zero-order valence-corrected chi connectivity index (χ0v) is 19.7. The van der Waals surface area contributed by atoms with Gasteiger partial charge in [-0.15, -0.1) is 0 Å². The number of aliphatic hydroxyl groups excluding tert-OH is 1. The predicted molar refractivity (Wildman–Crippen MR) is 123 cm³/mol. The summed E-state index contributed by atoms with van der Waals surface area (Å²) in [5.74, 6) is 4.38. The van der Waals surface area contributed by atoms with Crippen molar-refractivity contribution in [3.8, 4) is 0 Å². The number of hydrogen-bond acceptors (Lipinski definition) is 1. The molecule has 162 valence electrons. The maximum absolute atomic E-state index is 10.2. The van der Waals surface area contributed by atoms with Crippen molar-refractivity contribution in [3.63, 3.8) is 0 Å². The van der Waals surface area contributed by atoms with Crippen LogP contribution in [0.15, 0.2) is 35.5 Å². The molecule has 1 nitrogen and oxygen atoms in total. The molecule has 1 N–H and O–H groups in total. The SMILES string of the molecule is CC(C)[C@@H](C)/C=C/[C@H](C)[C@H]1CC[C@@H]2C3=CC=C4C[C@@H](O)CC[C@@]4(C)[C@H]3CC[C@@]21C. The lowest BCUT2D eigenvalue weighted by Crippen LogP contribution is -2.46. The predicted octanol–water partition coefficient (Wildman–Crippen LogP) is 7.33. The molecule has 0 heterocycles. The summed E-state index contributed by atoms with van der Waals surface area (Å²) in [6, 6.07) is 0. The van der Waals surface area contributed by atoms with Gasteiger partial charge in [0, 0.05) is 0 Å². The maximum atomic E-state index is 10.2. The summed E-state index contributed by atoms with van der Waals surface area (Å²) >= 11 is 0. The Kier molecular flexibility index (Phi) is 5.69. The summed E-state index contributed by atoms with van der Waals surface area (Å²) in [7, 11) is 0. The molecule has 0 bridgehead atoms. The molecule has 4 aliphatic carbocycles. The first-order valence-corrected chi connectivity index (χ1v) is 12.4. The highest BCUT2D eigenvalue weighted by atomic mass is 16.3. The minimum Gasteiger partial charge on any atom is -0.393 e. The van der Waals surface area contributed by atoms with E-state index in [1.807, 2.05) is 0 Å². The molecule has 8 atom stereocenters. The minimum absolute atomic E-state index is 0.116. The summed E-state index contributed by atoms with van der Waals surface area (Å²) in [4.78, 5) is 0. The molecule has 1 heteroatoms. The Morgan fingerprint density at radius 3 is 2.41 bits per heavy atom. The van der Waals surface area contributed by atoms with Gasteiger partial charge in [-0.1, -0.05) is 77.0 Å². The number of hydrogen-bond donors (Lipinski definition) is 1. The summed E-state index contributed by atoms with van der Waals surface area (Å²) in [6.07, 6.45) is 18.4. The Balaban J connectivity index is 1.57. The van der Waals surface area contributed by atoms with Crippen molar-refractivity contribution < 1.29 is 5.11 Å². The van der Waals surface area contributed by atoms with Crippen molar-refractivity contribution in [1.82, 2.24) is 0 Å². The average Bonchev–Trinajstić information content (AvgIpc) is 3.03. The van der Waals surface area contributed by atoms with Crippen LogP contribution >= 0.6 is 0 Å². The van der Waals surface area contributed by atoms with E-state index in [0.717, 1.165) is 36.5 Å². The first-order valence-electron chi connectivity index (χ1n) is 12.4. The van der Waals surface area contributed by atoms with Gasteiger partial charge < -0.3 is 5.11 Å². The number of rotatable bonds is 4. The van der Waals surface area contributed by atoms with Gasteiger partial charge >= 0.3 is 0 Å². The van der Waals surface area contributed by atoms with Gasteiger partial charge in [0.25, 0.3) is 0 Å². The fourth-order valence-corrected chi connectivity index (χ4v) is 7.59. The summed E-state index contributed by atoms with van der Waals surface area (Å²) in [5, 5.41) is 10.2. The summed E-state index contributed by atoms with van der Waals surface area (Å²) in [6.45, 7) is 14.6. The van der Waals surface area contributed by atoms with Crippen molar-refractivity contribution in [2.24, 2.45) is 46.3 Å². The van der Waals surface area contributed by atoms with E-state index in [2.05, 4.69) is 65.8 Å². The molecule has 0 amide bonds. The lowest BCUT2D eigenvalue weighted by atomic mass is 9.50. The Labute approximate surface area is 179 Å². The second kappa shape index (κ2) is 7.70. The first-order chi connectivity index (χ1) is 13.7. The minimum atomic E-state index is -0.116. The van der Waals surface area contributed by atoms with Crippen LogP contribution in [-0.2, 0) is 0 Å². The molecule has 3 fully saturated rings. The van der Waals surface area contributed by atoms with Crippen molar-refractivity contribution >= 4 is 0 Å². The Hall–Kier alpha value is -0.820. The second-order valence-corrected chi connectivity index (χ2v) is 11.9. The zero-order chi connectivity index (χ0) is 21.0. The van der Waals surface area contributed by atoms with Crippen LogP contribution in [-0.4, -0.2) is 11.2 Å². The zero-order valence-electron chi connectivity index (χ0n) is 19.7. The molecule has 4 rings (SSSR count). The maximum Gasteiger partial charge on any atom is 0.0578 e. The fraction of sp³-hybridized carbons (Fsp3) is 0.786. The summed E-state index contributed by atoms with van der Waals surface area (Å²) in [5.41, 5.74) is 4.07. The largest absolute Gasteiger partial charge is 0.393 e. The number of allylic oxidation sites excluding steroid dienone is 5. The smallest absolute Gasteiger partial charge is 0.0578 e. The van der Waals surface area contributed by atoms with Crippen LogP contribution < -0.4 is 0 Å². The topological polar surface area (TPSA) is 20.2 Å². The molecule has 0 spiro atoms. The molecule has 29 heavy (non-hydrogen) atoms. The van der Waals surface area contributed by atoms with E-state index in [1.54, 1.807) is 5.57 Å². The van der Waals surface area contributed by atoms with Gasteiger partial charge in [-0.25, -0.2) is 0 Å². The number of fused-ring (bicyclic) bond motifs is 5. The van der Waals surface area contributed by atoms with E-state index in [-0.39, 0.29) is 6.10 Å². The van der Waals surface area contributed by atoms with E-state index in [4.69, 9.17) is 0 Å². The van der Waals surface area contributed by atoms with Crippen LogP contribution in [0.5, 0.6) is 0 Å². The lowest BCUT2D eigenvalue weighted by Gasteiger charge is -2.55. The van der Waals surface area contributed by atoms with Gasteiger partial charge in [-0.2, -0.15) is 0 Å². The van der Waals surface area contributed by atoms with E-state index in [0.29, 0.717) is 22.7 Å². The molecule has 0 aliphatic heterocycles. The molecular weight excluding hydrogens is 352 g/mol. The molecule has 0 unspecified atom stereocenters. The van der Waals surface area contributed by atoms with Gasteiger partial charge in [0.15, 0.2) is 0 Å². The second-order valence-electron chi connectivity index (χ2n) is 11.9. The molecule has 0 saturated heterocycles. The normalized spacial score (nSPS) is 44.0. The van der Waals surface area contributed by atoms with Gasteiger partial charge in [0.2, 0.25) is 0 Å². The van der Waals surface area contributed by atoms with Gasteiger partial charge in [0.05, 0.1) is 6.10 Å². The monoisotopic (exact) mass is 396 g/mol. The molecule has 3 saturated carbocycles. The van der Waals surface area contributed by atoms with Gasteiger partial charge in [0.1, 0.15) is 0 Å². The van der Waals surface area contributed by atoms with E-state index in [9.17, 15) is 5.11 Å². The van der Waals surface area contributed by atoms with Crippen LogP contribution in [0.2, 0.25) is 0 Å². The van der Waals surface area contributed by atoms with Crippen molar-refractivity contribution in [2.75, 3.05) is 0 Å². The molecule has 0 radical (unpaired) electrons. The molecular formula is C28H44O. The third kappa shape index (κ3) is 3.50. The average molecular weight is 397 g/mol. The Morgan fingerprint density at radius 1 is 0.931 bits per heavy atom. The quantitative estimate of drug-likeness (QED) is 0.493. The van der Waals surface area contributed by atoms with Crippen LogP contribution in [0, 0.1) is 46.3 Å². The molecule has 0 aromatic carbocycles. The lowest BCUT2D eigenvalue weighted by molar-refractivity contribution is 0.0382. The Bertz CT molecular complexity index is 712. The van der Waals surface area contributed by atoms with E-state index in [1.165, 1.54) is 37.7 Å². The molecule has 4 aliphatic rings. The van der Waals surface area contributed by atoms with Crippen molar-refractivity contribution in [2.45, 2.75) is 92.6 Å². The number of aliphatic hydroxyl groups is 1. The summed E-state index contributed by atoms with van der Waals surface area (Å²) < 4.78 is 0. The molecule has 0 aromatic rings. The fourth-order valence-electron chi connectivity index (χ4n) is 7.59. The van der Waals surface area contributed by atoms with Crippen LogP contribution in [0.4, 0.5) is 0 Å². The highest BCUT2D eigenvalue weighted by molar-refractivity contribution is 5.39. The van der Waals surface area contributed by atoms with Crippen LogP contribution in [0.3, 0.4) is 0 Å². The first kappa shape index (κ1) is 21.4. The van der Waals surface area contributed by atoms with Crippen molar-refractivity contribution in [3.05, 3.63) is 35.5 Å². The van der Waals surface area contributed by atoms with Crippen LogP contribution in [0.1, 0.15) is 86.5 Å². The van der Waals surface area contributed by atoms with E-state index >= 15 is 0 Å². The standard InChI is InChI=1S/C28H44O/c1-18(2)19(3)7-8-20(4)24-11-12-25-23-10-9-21-17-22(29)13-15-27(21,5)26(23)14-16-28(24,25)6/h7-10,18-20,22,24-26,29H,11-17H2,1-6H3/b8-7+/t19-,20-,22-,24+,25+,26-,27+,28+/m0/s1. The third-order valence-corrected chi connectivity index (χ3v) is 10.0. The van der Waals surface area contributed by atoms with Crippen LogP contribution in [0.25, 0.3) is 0 Å². The highest BCUT2D eigenvalue weighted by Gasteiger charge is 2.56. The molecule has 0 aromatic heterocycles. The highest BCUT2D eigenvalue weighted by Crippen LogP contribution is 2.65. The Morgan fingerprint density at radius 2 is 1.69 bits per heavy atom. The third-order valence-electron chi connectivity index (χ3n) is 10.0.